The van der Waals surface area contributed by atoms with Crippen molar-refractivity contribution in [2.24, 2.45) is 0 Å². The summed E-state index contributed by atoms with van der Waals surface area (Å²) in [6, 6.07) is 0.857. The van der Waals surface area contributed by atoms with Crippen LogP contribution in [0.15, 0.2) is 18.5 Å². The Hall–Kier alpha value is -1.84. The van der Waals surface area contributed by atoms with Crippen LogP contribution < -0.4 is 5.32 Å². The average Bonchev–Trinajstić information content (AvgIpc) is 2.71. The summed E-state index contributed by atoms with van der Waals surface area (Å²) in [5.74, 6) is 0.00913. The molecule has 0 atom stereocenters. The zero-order valence-corrected chi connectivity index (χ0v) is 11.2. The second-order valence-corrected chi connectivity index (χ2v) is 6.45. The van der Waals surface area contributed by atoms with Gasteiger partial charge >= 0.3 is 6.18 Å². The lowest BCUT2D eigenvalue weighted by molar-refractivity contribution is -0.141. The molecule has 1 N–H and O–H groups in total. The van der Waals surface area contributed by atoms with E-state index >= 15 is 0 Å². The number of halogens is 3. The third-order valence-corrected chi connectivity index (χ3v) is 3.39. The summed E-state index contributed by atoms with van der Waals surface area (Å²) in [5.41, 5.74) is -0.898. The molecule has 110 valence electrons. The van der Waals surface area contributed by atoms with E-state index < -0.39 is 21.7 Å². The molecule has 0 saturated heterocycles. The summed E-state index contributed by atoms with van der Waals surface area (Å²) in [5, 5.41) is 6.09. The number of hydrogen-bond donors (Lipinski definition) is 1. The Balaban J connectivity index is 2.28. The van der Waals surface area contributed by atoms with Gasteiger partial charge in [-0.1, -0.05) is 0 Å². The molecule has 0 spiro atoms. The first-order valence-electron chi connectivity index (χ1n) is 5.50. The second-order valence-electron chi connectivity index (χ2n) is 4.19. The molecule has 2 rings (SSSR count). The zero-order valence-electron chi connectivity index (χ0n) is 10.3. The minimum Gasteiger partial charge on any atom is -0.367 e. The minimum atomic E-state index is -4.55. The highest BCUT2D eigenvalue weighted by Crippen LogP contribution is 2.29. The lowest BCUT2D eigenvalue weighted by Crippen LogP contribution is -2.15. The number of fused-ring (bicyclic) bond motifs is 1. The monoisotopic (exact) mass is 308 g/mol. The van der Waals surface area contributed by atoms with Gasteiger partial charge in [-0.2, -0.15) is 18.3 Å². The maximum atomic E-state index is 12.6. The number of sulfone groups is 1. The molecular weight excluding hydrogens is 297 g/mol. The van der Waals surface area contributed by atoms with Gasteiger partial charge < -0.3 is 5.32 Å². The third-order valence-electron chi connectivity index (χ3n) is 2.45. The predicted octanol–water partition coefficient (Wildman–Crippen LogP) is 1.20. The van der Waals surface area contributed by atoms with E-state index in [0.29, 0.717) is 0 Å². The summed E-state index contributed by atoms with van der Waals surface area (Å²) < 4.78 is 60.7. The van der Waals surface area contributed by atoms with Gasteiger partial charge in [-0.3, -0.25) is 0 Å². The number of hydrogen-bond acceptors (Lipinski definition) is 5. The van der Waals surface area contributed by atoms with Crippen LogP contribution in [0.2, 0.25) is 0 Å². The topological polar surface area (TPSA) is 76.4 Å². The number of nitrogens with zero attached hydrogens (tertiary/aromatic N) is 3. The third kappa shape index (κ3) is 3.38. The van der Waals surface area contributed by atoms with Crippen molar-refractivity contribution < 1.29 is 21.6 Å². The molecule has 0 saturated carbocycles. The Labute approximate surface area is 112 Å². The summed E-state index contributed by atoms with van der Waals surface area (Å²) in [4.78, 5) is 3.89. The summed E-state index contributed by atoms with van der Waals surface area (Å²) in [7, 11) is -3.16. The smallest absolute Gasteiger partial charge is 0.367 e. The number of anilines is 1. The van der Waals surface area contributed by atoms with E-state index in [2.05, 4.69) is 15.4 Å². The van der Waals surface area contributed by atoms with Crippen LogP contribution in [-0.4, -0.2) is 41.6 Å². The molecule has 0 aliphatic carbocycles. The Bertz CT molecular complexity index is 724. The first kappa shape index (κ1) is 14.6. The van der Waals surface area contributed by atoms with Crippen molar-refractivity contribution in [3.05, 3.63) is 24.2 Å². The summed E-state index contributed by atoms with van der Waals surface area (Å²) >= 11 is 0. The number of rotatable bonds is 4. The van der Waals surface area contributed by atoms with Crippen molar-refractivity contribution in [2.45, 2.75) is 6.18 Å². The number of alkyl halides is 3. The second kappa shape index (κ2) is 4.93. The van der Waals surface area contributed by atoms with Gasteiger partial charge in [0.2, 0.25) is 0 Å². The Morgan fingerprint density at radius 2 is 2.10 bits per heavy atom. The minimum absolute atomic E-state index is 0.0536. The van der Waals surface area contributed by atoms with Gasteiger partial charge in [0.15, 0.2) is 11.5 Å². The first-order valence-corrected chi connectivity index (χ1v) is 7.56. The van der Waals surface area contributed by atoms with E-state index in [4.69, 9.17) is 0 Å². The standard InChI is InChI=1S/C10H11F3N4O2S/c1-20(18,19)5-3-15-9-7-6-8(10(11,12)13)16-17(7)4-2-14-9/h2,4,6H,3,5H2,1H3,(H,14,15). The molecule has 0 aliphatic heterocycles. The van der Waals surface area contributed by atoms with Crippen LogP contribution in [0.5, 0.6) is 0 Å². The fourth-order valence-electron chi connectivity index (χ4n) is 1.55. The Kier molecular flexibility index (Phi) is 3.59. The highest BCUT2D eigenvalue weighted by atomic mass is 32.2. The van der Waals surface area contributed by atoms with Crippen LogP contribution in [0.3, 0.4) is 0 Å². The maximum absolute atomic E-state index is 12.6. The molecule has 6 nitrogen and oxygen atoms in total. The average molecular weight is 308 g/mol. The molecule has 2 aromatic heterocycles. The van der Waals surface area contributed by atoms with Crippen molar-refractivity contribution in [1.82, 2.24) is 14.6 Å². The summed E-state index contributed by atoms with van der Waals surface area (Å²) in [6.07, 6.45) is -0.908. The van der Waals surface area contributed by atoms with Crippen molar-refractivity contribution in [1.29, 1.82) is 0 Å². The van der Waals surface area contributed by atoms with E-state index in [1.165, 1.54) is 12.4 Å². The van der Waals surface area contributed by atoms with Crippen molar-refractivity contribution in [2.75, 3.05) is 23.9 Å². The molecule has 0 aromatic carbocycles. The van der Waals surface area contributed by atoms with Gasteiger partial charge in [-0.15, -0.1) is 0 Å². The molecule has 10 heteroatoms. The predicted molar refractivity (Wildman–Crippen MR) is 66.2 cm³/mol. The van der Waals surface area contributed by atoms with Crippen molar-refractivity contribution in [3.8, 4) is 0 Å². The molecule has 0 amide bonds. The summed E-state index contributed by atoms with van der Waals surface area (Å²) in [6.45, 7) is 0.0536. The molecule has 2 heterocycles. The Morgan fingerprint density at radius 1 is 1.40 bits per heavy atom. The zero-order chi connectivity index (χ0) is 15.0. The van der Waals surface area contributed by atoms with Crippen LogP contribution in [0.1, 0.15) is 5.69 Å². The van der Waals surface area contributed by atoms with Gasteiger partial charge in [0.1, 0.15) is 15.4 Å². The maximum Gasteiger partial charge on any atom is 0.435 e. The van der Waals surface area contributed by atoms with Gasteiger partial charge in [0, 0.05) is 31.3 Å². The number of aromatic nitrogens is 3. The fraction of sp³-hybridized carbons (Fsp3) is 0.400. The van der Waals surface area contributed by atoms with Gasteiger partial charge in [-0.25, -0.2) is 17.9 Å². The first-order chi connectivity index (χ1) is 9.17. The van der Waals surface area contributed by atoms with Gasteiger partial charge in [0.05, 0.1) is 5.75 Å². The molecule has 0 unspecified atom stereocenters. The Morgan fingerprint density at radius 3 is 2.70 bits per heavy atom. The molecule has 2 aromatic rings. The lowest BCUT2D eigenvalue weighted by atomic mass is 10.3. The highest BCUT2D eigenvalue weighted by molar-refractivity contribution is 7.90. The van der Waals surface area contributed by atoms with E-state index in [0.717, 1.165) is 16.8 Å². The highest BCUT2D eigenvalue weighted by Gasteiger charge is 2.34. The van der Waals surface area contributed by atoms with E-state index in [-0.39, 0.29) is 23.6 Å². The lowest BCUT2D eigenvalue weighted by Gasteiger charge is -2.05. The molecule has 0 radical (unpaired) electrons. The van der Waals surface area contributed by atoms with E-state index in [1.807, 2.05) is 0 Å². The SMILES string of the molecule is CS(=O)(=O)CCNc1nccn2nc(C(F)(F)F)cc12. The van der Waals surface area contributed by atoms with E-state index in [9.17, 15) is 21.6 Å². The molecule has 0 bridgehead atoms. The van der Waals surface area contributed by atoms with E-state index in [1.54, 1.807) is 0 Å². The van der Waals surface area contributed by atoms with Crippen molar-refractivity contribution in [3.63, 3.8) is 0 Å². The van der Waals surface area contributed by atoms with Crippen LogP contribution in [-0.2, 0) is 16.0 Å². The normalized spacial score (nSPS) is 12.8. The van der Waals surface area contributed by atoms with Crippen molar-refractivity contribution >= 4 is 21.2 Å². The van der Waals surface area contributed by atoms with Crippen LogP contribution in [0.25, 0.3) is 5.52 Å². The largest absolute Gasteiger partial charge is 0.435 e. The molecule has 0 aliphatic rings. The van der Waals surface area contributed by atoms with Crippen LogP contribution in [0.4, 0.5) is 19.0 Å². The van der Waals surface area contributed by atoms with Gasteiger partial charge in [-0.05, 0) is 0 Å². The molecular formula is C10H11F3N4O2S. The molecule has 20 heavy (non-hydrogen) atoms. The van der Waals surface area contributed by atoms with Crippen LogP contribution >= 0.6 is 0 Å². The fourth-order valence-corrected chi connectivity index (χ4v) is 2.02. The molecule has 0 fully saturated rings. The number of nitrogens with one attached hydrogen (secondary N) is 1. The van der Waals surface area contributed by atoms with Gasteiger partial charge in [0.25, 0.3) is 0 Å². The quantitative estimate of drug-likeness (QED) is 0.918. The van der Waals surface area contributed by atoms with Crippen LogP contribution in [0, 0.1) is 0 Å².